The number of rotatable bonds is 9. The van der Waals surface area contributed by atoms with E-state index in [9.17, 15) is 9.90 Å². The van der Waals surface area contributed by atoms with Crippen molar-refractivity contribution in [1.82, 2.24) is 10.2 Å². The van der Waals surface area contributed by atoms with Gasteiger partial charge in [-0.3, -0.25) is 4.79 Å². The van der Waals surface area contributed by atoms with Gasteiger partial charge in [0, 0.05) is 6.04 Å². The van der Waals surface area contributed by atoms with Crippen molar-refractivity contribution in [3.8, 4) is 0 Å². The maximum atomic E-state index is 11.8. The topological polar surface area (TPSA) is 52.6 Å². The third-order valence-corrected chi connectivity index (χ3v) is 5.08. The molecule has 3 atom stereocenters. The summed E-state index contributed by atoms with van der Waals surface area (Å²) in [7, 11) is 0. The predicted octanol–water partition coefficient (Wildman–Crippen LogP) is 2.73. The Morgan fingerprint density at radius 1 is 1.45 bits per heavy atom. The molecule has 118 valence electrons. The van der Waals surface area contributed by atoms with E-state index in [1.165, 1.54) is 0 Å². The SMILES string of the molecule is CCNC1(C(=O)O)CCCC1CCN(CC)C(C)CC. The molecule has 0 aromatic carbocycles. The van der Waals surface area contributed by atoms with Crippen LogP contribution in [0.1, 0.15) is 59.8 Å². The zero-order chi connectivity index (χ0) is 15.2. The number of likely N-dealkylation sites (N-methyl/N-ethyl adjacent to an activating group) is 1. The van der Waals surface area contributed by atoms with Crippen LogP contribution in [0, 0.1) is 5.92 Å². The first kappa shape index (κ1) is 17.4. The molecule has 20 heavy (non-hydrogen) atoms. The third-order valence-electron chi connectivity index (χ3n) is 5.08. The van der Waals surface area contributed by atoms with Crippen molar-refractivity contribution >= 4 is 5.97 Å². The minimum Gasteiger partial charge on any atom is -0.480 e. The van der Waals surface area contributed by atoms with Gasteiger partial charge in [0.15, 0.2) is 0 Å². The number of carbonyl (C=O) groups is 1. The molecular weight excluding hydrogens is 252 g/mol. The number of hydrogen-bond donors (Lipinski definition) is 2. The molecule has 4 nitrogen and oxygen atoms in total. The third kappa shape index (κ3) is 3.73. The Labute approximate surface area is 123 Å². The van der Waals surface area contributed by atoms with E-state index in [0.29, 0.717) is 6.04 Å². The molecule has 3 unspecified atom stereocenters. The van der Waals surface area contributed by atoms with Crippen molar-refractivity contribution < 1.29 is 9.90 Å². The van der Waals surface area contributed by atoms with Gasteiger partial charge in [-0.15, -0.1) is 0 Å². The van der Waals surface area contributed by atoms with Gasteiger partial charge in [0.1, 0.15) is 5.54 Å². The fourth-order valence-corrected chi connectivity index (χ4v) is 3.64. The van der Waals surface area contributed by atoms with Gasteiger partial charge < -0.3 is 15.3 Å². The van der Waals surface area contributed by atoms with Crippen LogP contribution in [0.4, 0.5) is 0 Å². The highest BCUT2D eigenvalue weighted by atomic mass is 16.4. The first-order chi connectivity index (χ1) is 9.51. The number of carboxylic acids is 1. The maximum Gasteiger partial charge on any atom is 0.324 e. The molecule has 4 heteroatoms. The molecule has 1 rings (SSSR count). The average Bonchev–Trinajstić information content (AvgIpc) is 2.84. The second kappa shape index (κ2) is 7.99. The van der Waals surface area contributed by atoms with E-state index in [2.05, 4.69) is 31.0 Å². The van der Waals surface area contributed by atoms with Gasteiger partial charge >= 0.3 is 5.97 Å². The van der Waals surface area contributed by atoms with Crippen LogP contribution >= 0.6 is 0 Å². The molecule has 0 radical (unpaired) electrons. The Morgan fingerprint density at radius 3 is 2.65 bits per heavy atom. The summed E-state index contributed by atoms with van der Waals surface area (Å²) in [6.07, 6.45) is 4.97. The van der Waals surface area contributed by atoms with Gasteiger partial charge in [0.2, 0.25) is 0 Å². The Hall–Kier alpha value is -0.610. The number of hydrogen-bond acceptors (Lipinski definition) is 3. The summed E-state index contributed by atoms with van der Waals surface area (Å²) < 4.78 is 0. The minimum atomic E-state index is -0.677. The van der Waals surface area contributed by atoms with E-state index in [1.54, 1.807) is 0 Å². The monoisotopic (exact) mass is 284 g/mol. The van der Waals surface area contributed by atoms with E-state index in [1.807, 2.05) is 6.92 Å². The second-order valence-electron chi connectivity index (χ2n) is 6.07. The summed E-state index contributed by atoms with van der Waals surface area (Å²) in [5, 5.41) is 12.9. The zero-order valence-electron chi connectivity index (χ0n) is 13.6. The quantitative estimate of drug-likeness (QED) is 0.683. The molecule has 0 amide bonds. The Bertz CT molecular complexity index is 309. The summed E-state index contributed by atoms with van der Waals surface area (Å²) in [6, 6.07) is 0.583. The lowest BCUT2D eigenvalue weighted by molar-refractivity contribution is -0.146. The molecule has 1 saturated carbocycles. The molecule has 2 N–H and O–H groups in total. The number of nitrogens with zero attached hydrogens (tertiary/aromatic N) is 1. The number of aliphatic carboxylic acids is 1. The van der Waals surface area contributed by atoms with E-state index >= 15 is 0 Å². The molecule has 0 aliphatic heterocycles. The lowest BCUT2D eigenvalue weighted by atomic mass is 9.84. The predicted molar refractivity (Wildman–Crippen MR) is 83.0 cm³/mol. The van der Waals surface area contributed by atoms with Crippen LogP contribution in [0.15, 0.2) is 0 Å². The van der Waals surface area contributed by atoms with Crippen LogP contribution in [0.5, 0.6) is 0 Å². The molecule has 0 aromatic heterocycles. The van der Waals surface area contributed by atoms with Gasteiger partial charge in [0.25, 0.3) is 0 Å². The first-order valence-corrected chi connectivity index (χ1v) is 8.24. The van der Waals surface area contributed by atoms with E-state index in [-0.39, 0.29) is 5.92 Å². The highest BCUT2D eigenvalue weighted by Gasteiger charge is 2.48. The molecule has 1 aliphatic carbocycles. The lowest BCUT2D eigenvalue weighted by Crippen LogP contribution is -2.55. The molecular formula is C16H32N2O2. The van der Waals surface area contributed by atoms with Crippen LogP contribution in [0.3, 0.4) is 0 Å². The van der Waals surface area contributed by atoms with Crippen LogP contribution in [-0.2, 0) is 4.79 Å². The average molecular weight is 284 g/mol. The van der Waals surface area contributed by atoms with Crippen molar-refractivity contribution in [3.05, 3.63) is 0 Å². The zero-order valence-corrected chi connectivity index (χ0v) is 13.6. The van der Waals surface area contributed by atoms with Gasteiger partial charge in [0.05, 0.1) is 0 Å². The molecule has 0 aromatic rings. The highest BCUT2D eigenvalue weighted by Crippen LogP contribution is 2.38. The minimum absolute atomic E-state index is 0.262. The molecule has 1 aliphatic rings. The Kier molecular flexibility index (Phi) is 6.96. The van der Waals surface area contributed by atoms with E-state index in [0.717, 1.165) is 51.7 Å². The highest BCUT2D eigenvalue weighted by molar-refractivity contribution is 5.79. The molecule has 0 spiro atoms. The normalized spacial score (nSPS) is 27.9. The van der Waals surface area contributed by atoms with Gasteiger partial charge in [-0.1, -0.05) is 27.2 Å². The molecule has 0 heterocycles. The van der Waals surface area contributed by atoms with Gasteiger partial charge in [-0.2, -0.15) is 0 Å². The standard InChI is InChI=1S/C16H32N2O2/c1-5-13(4)18(7-3)12-10-14-9-8-11-16(14,15(19)20)17-6-2/h13-14,17H,5-12H2,1-4H3,(H,19,20). The first-order valence-electron chi connectivity index (χ1n) is 8.24. The number of nitrogens with one attached hydrogen (secondary N) is 1. The van der Waals surface area contributed by atoms with Crippen molar-refractivity contribution in [3.63, 3.8) is 0 Å². The van der Waals surface area contributed by atoms with Crippen LogP contribution in [0.2, 0.25) is 0 Å². The largest absolute Gasteiger partial charge is 0.480 e. The number of carboxylic acid groups (broad SMARTS) is 1. The van der Waals surface area contributed by atoms with Crippen molar-refractivity contribution in [2.75, 3.05) is 19.6 Å². The van der Waals surface area contributed by atoms with Crippen LogP contribution in [0.25, 0.3) is 0 Å². The fourth-order valence-electron chi connectivity index (χ4n) is 3.64. The van der Waals surface area contributed by atoms with Gasteiger partial charge in [-0.05, 0) is 58.2 Å². The summed E-state index contributed by atoms with van der Waals surface area (Å²) in [5.74, 6) is -0.397. The lowest BCUT2D eigenvalue weighted by Gasteiger charge is -2.34. The van der Waals surface area contributed by atoms with Gasteiger partial charge in [-0.25, -0.2) is 0 Å². The van der Waals surface area contributed by atoms with Crippen LogP contribution in [-0.4, -0.2) is 47.2 Å². The Balaban J connectivity index is 2.67. The van der Waals surface area contributed by atoms with E-state index in [4.69, 9.17) is 0 Å². The smallest absolute Gasteiger partial charge is 0.324 e. The van der Waals surface area contributed by atoms with E-state index < -0.39 is 11.5 Å². The summed E-state index contributed by atoms with van der Waals surface area (Å²) >= 11 is 0. The van der Waals surface area contributed by atoms with Crippen molar-refractivity contribution in [1.29, 1.82) is 0 Å². The van der Waals surface area contributed by atoms with Crippen molar-refractivity contribution in [2.45, 2.75) is 71.4 Å². The second-order valence-corrected chi connectivity index (χ2v) is 6.07. The molecule has 0 bridgehead atoms. The molecule has 1 fully saturated rings. The summed E-state index contributed by atoms with van der Waals surface area (Å²) in [4.78, 5) is 14.2. The Morgan fingerprint density at radius 2 is 2.15 bits per heavy atom. The van der Waals surface area contributed by atoms with Crippen LogP contribution < -0.4 is 5.32 Å². The summed E-state index contributed by atoms with van der Waals surface area (Å²) in [5.41, 5.74) is -0.677. The maximum absolute atomic E-state index is 11.8. The van der Waals surface area contributed by atoms with Crippen molar-refractivity contribution in [2.24, 2.45) is 5.92 Å². The summed E-state index contributed by atoms with van der Waals surface area (Å²) in [6.45, 7) is 11.4. The fraction of sp³-hybridized carbons (Fsp3) is 0.938. The molecule has 0 saturated heterocycles.